The minimum atomic E-state index is 0. The van der Waals surface area contributed by atoms with Gasteiger partial charge in [0.15, 0.2) is 17.5 Å². The van der Waals surface area contributed by atoms with Crippen LogP contribution in [0.3, 0.4) is 0 Å². The van der Waals surface area contributed by atoms with Crippen LogP contribution in [0.4, 0.5) is 0 Å². The van der Waals surface area contributed by atoms with Gasteiger partial charge in [-0.05, 0) is 49.9 Å². The quantitative estimate of drug-likeness (QED) is 0.289. The fraction of sp³-hybridized carbons (Fsp3) is 0.480. The van der Waals surface area contributed by atoms with E-state index in [9.17, 15) is 0 Å². The van der Waals surface area contributed by atoms with E-state index >= 15 is 0 Å². The number of aliphatic imine (C=N–C) groups is 1. The molecule has 0 spiro atoms. The van der Waals surface area contributed by atoms with Gasteiger partial charge in [-0.25, -0.2) is 0 Å². The molecule has 0 radical (unpaired) electrons. The summed E-state index contributed by atoms with van der Waals surface area (Å²) in [4.78, 5) is 6.93. The Kier molecular flexibility index (Phi) is 11.1. The average molecular weight is 553 g/mol. The van der Waals surface area contributed by atoms with Crippen molar-refractivity contribution in [3.8, 4) is 11.5 Å². The van der Waals surface area contributed by atoms with E-state index < -0.39 is 0 Å². The van der Waals surface area contributed by atoms with Gasteiger partial charge in [0.05, 0.1) is 7.11 Å². The van der Waals surface area contributed by atoms with E-state index in [0.29, 0.717) is 25.2 Å². The van der Waals surface area contributed by atoms with E-state index in [1.54, 1.807) is 7.11 Å². The second kappa shape index (κ2) is 13.5. The van der Waals surface area contributed by atoms with Crippen LogP contribution in [0.2, 0.25) is 0 Å². The lowest BCUT2D eigenvalue weighted by Gasteiger charge is -2.35. The number of likely N-dealkylation sites (tertiary alicyclic amines) is 1. The zero-order valence-electron chi connectivity index (χ0n) is 19.6. The third-order valence-electron chi connectivity index (χ3n) is 5.75. The smallest absolute Gasteiger partial charge is 0.191 e. The Balaban J connectivity index is 0.00000363. The number of guanidine groups is 1. The molecule has 0 atom stereocenters. The van der Waals surface area contributed by atoms with Gasteiger partial charge in [0.1, 0.15) is 6.61 Å². The van der Waals surface area contributed by atoms with Crippen molar-refractivity contribution < 1.29 is 9.47 Å². The number of piperidine rings is 1. The Morgan fingerprint density at radius 3 is 2.41 bits per heavy atom. The first-order valence-electron chi connectivity index (χ1n) is 11.1. The number of nitrogens with zero attached hydrogens (tertiary/aromatic N) is 2. The molecule has 2 N–H and O–H groups in total. The third-order valence-corrected chi connectivity index (χ3v) is 5.75. The molecule has 32 heavy (non-hydrogen) atoms. The summed E-state index contributed by atoms with van der Waals surface area (Å²) in [6, 6.07) is 17.3. The van der Waals surface area contributed by atoms with Gasteiger partial charge in [0, 0.05) is 38.8 Å². The van der Waals surface area contributed by atoms with Gasteiger partial charge in [-0.3, -0.25) is 4.99 Å². The monoisotopic (exact) mass is 552 g/mol. The second-order valence-corrected chi connectivity index (χ2v) is 8.23. The molecule has 2 aromatic carbocycles. The van der Waals surface area contributed by atoms with Crippen molar-refractivity contribution in [2.75, 3.05) is 27.2 Å². The number of hydrogen-bond donors (Lipinski definition) is 2. The normalized spacial score (nSPS) is 15.2. The minimum Gasteiger partial charge on any atom is -0.493 e. The maximum absolute atomic E-state index is 5.96. The Morgan fingerprint density at radius 2 is 1.78 bits per heavy atom. The molecule has 1 aliphatic heterocycles. The van der Waals surface area contributed by atoms with Gasteiger partial charge in [0.2, 0.25) is 0 Å². The fourth-order valence-corrected chi connectivity index (χ4v) is 3.81. The summed E-state index contributed by atoms with van der Waals surface area (Å²) < 4.78 is 11.5. The van der Waals surface area contributed by atoms with Crippen molar-refractivity contribution >= 4 is 29.9 Å². The first kappa shape index (κ1) is 26.3. The summed E-state index contributed by atoms with van der Waals surface area (Å²) in [6.07, 6.45) is 2.28. The number of hydrogen-bond acceptors (Lipinski definition) is 4. The highest BCUT2D eigenvalue weighted by molar-refractivity contribution is 14.0. The molecule has 0 unspecified atom stereocenters. The molecule has 0 aliphatic carbocycles. The molecular formula is C25H37IN4O2. The molecule has 0 amide bonds. The molecule has 1 saturated heterocycles. The lowest BCUT2D eigenvalue weighted by molar-refractivity contribution is 0.167. The maximum Gasteiger partial charge on any atom is 0.191 e. The number of rotatable bonds is 8. The van der Waals surface area contributed by atoms with Gasteiger partial charge < -0.3 is 25.0 Å². The van der Waals surface area contributed by atoms with Crippen LogP contribution >= 0.6 is 24.0 Å². The molecule has 0 bridgehead atoms. The van der Waals surface area contributed by atoms with Gasteiger partial charge in [-0.1, -0.05) is 36.4 Å². The van der Waals surface area contributed by atoms with E-state index in [4.69, 9.17) is 9.47 Å². The zero-order valence-corrected chi connectivity index (χ0v) is 22.0. The Bertz CT molecular complexity index is 837. The van der Waals surface area contributed by atoms with E-state index in [1.807, 2.05) is 37.4 Å². The lowest BCUT2D eigenvalue weighted by Crippen LogP contribution is -2.49. The van der Waals surface area contributed by atoms with Gasteiger partial charge >= 0.3 is 0 Å². The van der Waals surface area contributed by atoms with Crippen molar-refractivity contribution in [3.05, 3.63) is 59.7 Å². The topological polar surface area (TPSA) is 58.1 Å². The largest absolute Gasteiger partial charge is 0.493 e. The molecule has 1 heterocycles. The standard InChI is InChI=1S/C25H36N4O2.HI/c1-19(2)29-14-12-22(13-15-29)28-25(26-3)27-17-21-10-11-23(24(16-21)30-4)31-18-20-8-6-5-7-9-20;/h5-11,16,19,22H,12-15,17-18H2,1-4H3,(H2,26,27,28);1H. The molecule has 7 heteroatoms. The van der Waals surface area contributed by atoms with Crippen molar-refractivity contribution in [1.82, 2.24) is 15.5 Å². The molecule has 0 aromatic heterocycles. The molecule has 176 valence electrons. The highest BCUT2D eigenvalue weighted by Gasteiger charge is 2.21. The van der Waals surface area contributed by atoms with Gasteiger partial charge in [-0.15, -0.1) is 24.0 Å². The van der Waals surface area contributed by atoms with E-state index in [0.717, 1.165) is 54.5 Å². The zero-order chi connectivity index (χ0) is 22.1. The van der Waals surface area contributed by atoms with Crippen LogP contribution in [0.1, 0.15) is 37.8 Å². The van der Waals surface area contributed by atoms with Crippen LogP contribution in [0.25, 0.3) is 0 Å². The van der Waals surface area contributed by atoms with Crippen LogP contribution in [0, 0.1) is 0 Å². The maximum atomic E-state index is 5.96. The number of nitrogens with one attached hydrogen (secondary N) is 2. The molecule has 2 aromatic rings. The van der Waals surface area contributed by atoms with E-state index in [-0.39, 0.29) is 24.0 Å². The van der Waals surface area contributed by atoms with Crippen molar-refractivity contribution in [2.45, 2.75) is 51.9 Å². The number of benzene rings is 2. The highest BCUT2D eigenvalue weighted by Crippen LogP contribution is 2.28. The summed E-state index contributed by atoms with van der Waals surface area (Å²) in [7, 11) is 3.49. The Labute approximate surface area is 209 Å². The first-order chi connectivity index (χ1) is 15.1. The van der Waals surface area contributed by atoms with Crippen molar-refractivity contribution in [3.63, 3.8) is 0 Å². The van der Waals surface area contributed by atoms with Crippen LogP contribution in [-0.4, -0.2) is 50.2 Å². The molecule has 1 fully saturated rings. The number of ether oxygens (including phenoxy) is 2. The summed E-state index contributed by atoms with van der Waals surface area (Å²) in [5, 5.41) is 6.99. The van der Waals surface area contributed by atoms with Gasteiger partial charge in [0.25, 0.3) is 0 Å². The average Bonchev–Trinajstić information content (AvgIpc) is 2.81. The molecule has 3 rings (SSSR count). The second-order valence-electron chi connectivity index (χ2n) is 8.23. The SMILES string of the molecule is CN=C(NCc1ccc(OCc2ccccc2)c(OC)c1)NC1CCN(C(C)C)CC1.I. The highest BCUT2D eigenvalue weighted by atomic mass is 127. The predicted octanol–water partition coefficient (Wildman–Crippen LogP) is 4.43. The van der Waals surface area contributed by atoms with Crippen LogP contribution in [0.15, 0.2) is 53.5 Å². The van der Waals surface area contributed by atoms with Crippen LogP contribution in [-0.2, 0) is 13.2 Å². The van der Waals surface area contributed by atoms with Crippen molar-refractivity contribution in [1.29, 1.82) is 0 Å². The third kappa shape index (κ3) is 7.85. The molecule has 1 aliphatic rings. The first-order valence-corrected chi connectivity index (χ1v) is 11.1. The Hall–Kier alpha value is -2.00. The van der Waals surface area contributed by atoms with Crippen LogP contribution < -0.4 is 20.1 Å². The fourth-order valence-electron chi connectivity index (χ4n) is 3.81. The number of halogens is 1. The molecular weight excluding hydrogens is 515 g/mol. The summed E-state index contributed by atoms with van der Waals surface area (Å²) >= 11 is 0. The number of methoxy groups -OCH3 is 1. The van der Waals surface area contributed by atoms with Crippen LogP contribution in [0.5, 0.6) is 11.5 Å². The lowest BCUT2D eigenvalue weighted by atomic mass is 10.0. The molecule has 6 nitrogen and oxygen atoms in total. The van der Waals surface area contributed by atoms with E-state index in [1.165, 1.54) is 0 Å². The summed E-state index contributed by atoms with van der Waals surface area (Å²) in [5.41, 5.74) is 2.24. The van der Waals surface area contributed by atoms with E-state index in [2.05, 4.69) is 52.6 Å². The van der Waals surface area contributed by atoms with Gasteiger partial charge in [-0.2, -0.15) is 0 Å². The minimum absolute atomic E-state index is 0. The molecule has 0 saturated carbocycles. The summed E-state index contributed by atoms with van der Waals surface area (Å²) in [6.45, 7) is 7.98. The Morgan fingerprint density at radius 1 is 1.06 bits per heavy atom. The van der Waals surface area contributed by atoms with Crippen molar-refractivity contribution in [2.24, 2.45) is 4.99 Å². The predicted molar refractivity (Wildman–Crippen MR) is 142 cm³/mol. The summed E-state index contributed by atoms with van der Waals surface area (Å²) in [5.74, 6) is 2.32.